The molecule has 1 saturated carbocycles. The third kappa shape index (κ3) is 5.47. The second kappa shape index (κ2) is 10.4. The van der Waals surface area contributed by atoms with E-state index >= 15 is 0 Å². The van der Waals surface area contributed by atoms with Gasteiger partial charge in [0.05, 0.1) is 13.1 Å². The van der Waals surface area contributed by atoms with Crippen LogP contribution in [-0.2, 0) is 17.8 Å². The molecule has 2 aliphatic rings. The van der Waals surface area contributed by atoms with E-state index in [0.29, 0.717) is 32.5 Å². The van der Waals surface area contributed by atoms with Crippen LogP contribution in [0, 0.1) is 19.8 Å². The van der Waals surface area contributed by atoms with Gasteiger partial charge in [-0.05, 0) is 57.7 Å². The zero-order chi connectivity index (χ0) is 22.5. The Morgan fingerprint density at radius 2 is 1.88 bits per heavy atom. The van der Waals surface area contributed by atoms with Crippen LogP contribution in [0.1, 0.15) is 61.2 Å². The lowest BCUT2D eigenvalue weighted by molar-refractivity contribution is -0.119. The fraction of sp³-hybridized carbons (Fsp3) is 0.577. The molecular formula is C26H36N4O2. The molecule has 0 N–H and O–H groups in total. The van der Waals surface area contributed by atoms with Crippen LogP contribution in [-0.4, -0.2) is 47.5 Å². The first kappa shape index (κ1) is 22.7. The Kier molecular flexibility index (Phi) is 7.40. The number of fused-ring (bicyclic) bond motifs is 1. The van der Waals surface area contributed by atoms with Gasteiger partial charge in [0.1, 0.15) is 24.0 Å². The van der Waals surface area contributed by atoms with Crippen molar-refractivity contribution < 1.29 is 9.53 Å². The fourth-order valence-corrected chi connectivity index (χ4v) is 5.02. The maximum atomic E-state index is 12.8. The van der Waals surface area contributed by atoms with Crippen molar-refractivity contribution in [3.63, 3.8) is 0 Å². The lowest BCUT2D eigenvalue weighted by atomic mass is 9.89. The summed E-state index contributed by atoms with van der Waals surface area (Å²) in [6, 6.07) is 7.97. The molecule has 0 unspecified atom stereocenters. The highest BCUT2D eigenvalue weighted by molar-refractivity contribution is 5.95. The number of aromatic nitrogens is 2. The van der Waals surface area contributed by atoms with Crippen molar-refractivity contribution in [1.82, 2.24) is 14.9 Å². The van der Waals surface area contributed by atoms with Gasteiger partial charge in [-0.2, -0.15) is 0 Å². The Balaban J connectivity index is 1.44. The number of hydrogen-bond acceptors (Lipinski definition) is 5. The smallest absolute Gasteiger partial charge is 0.228 e. The molecule has 6 heteroatoms. The van der Waals surface area contributed by atoms with Gasteiger partial charge in [0.2, 0.25) is 5.91 Å². The predicted molar refractivity (Wildman–Crippen MR) is 127 cm³/mol. The summed E-state index contributed by atoms with van der Waals surface area (Å²) in [7, 11) is 2.16. The lowest BCUT2D eigenvalue weighted by Gasteiger charge is -2.30. The highest BCUT2D eigenvalue weighted by atomic mass is 16.5. The van der Waals surface area contributed by atoms with E-state index in [1.54, 1.807) is 4.90 Å². The summed E-state index contributed by atoms with van der Waals surface area (Å²) in [5, 5.41) is 0. The Bertz CT molecular complexity index is 939. The highest BCUT2D eigenvalue weighted by Crippen LogP contribution is 2.29. The first-order valence-electron chi connectivity index (χ1n) is 12.0. The average Bonchev–Trinajstić information content (AvgIpc) is 2.77. The monoisotopic (exact) mass is 436 g/mol. The van der Waals surface area contributed by atoms with Gasteiger partial charge >= 0.3 is 0 Å². The number of hydrogen-bond donors (Lipinski definition) is 0. The summed E-state index contributed by atoms with van der Waals surface area (Å²) in [5.74, 6) is 3.35. The molecule has 2 aromatic rings. The van der Waals surface area contributed by atoms with E-state index in [1.807, 2.05) is 38.1 Å². The molecule has 1 amide bonds. The van der Waals surface area contributed by atoms with Crippen LogP contribution >= 0.6 is 0 Å². The Hall–Kier alpha value is -2.47. The number of anilines is 1. The van der Waals surface area contributed by atoms with Crippen molar-refractivity contribution in [3.05, 3.63) is 46.9 Å². The molecule has 0 spiro atoms. The number of benzene rings is 1. The molecule has 172 valence electrons. The van der Waals surface area contributed by atoms with E-state index in [-0.39, 0.29) is 5.91 Å². The minimum atomic E-state index is 0.116. The lowest BCUT2D eigenvalue weighted by Crippen LogP contribution is -2.39. The molecule has 4 rings (SSSR count). The van der Waals surface area contributed by atoms with E-state index in [9.17, 15) is 4.79 Å². The number of amides is 1. The number of rotatable bonds is 8. The first-order valence-corrected chi connectivity index (χ1v) is 12.0. The number of nitrogens with zero attached hydrogens (tertiary/aromatic N) is 4. The van der Waals surface area contributed by atoms with Crippen molar-refractivity contribution in [1.29, 1.82) is 0 Å². The maximum absolute atomic E-state index is 12.8. The van der Waals surface area contributed by atoms with Gasteiger partial charge < -0.3 is 4.74 Å². The maximum Gasteiger partial charge on any atom is 0.228 e. The largest absolute Gasteiger partial charge is 0.491 e. The van der Waals surface area contributed by atoms with Crippen molar-refractivity contribution >= 4 is 11.7 Å². The van der Waals surface area contributed by atoms with Crippen LogP contribution in [0.3, 0.4) is 0 Å². The van der Waals surface area contributed by atoms with E-state index in [2.05, 4.69) is 11.9 Å². The standard InChI is InChI=1S/C26H36N4O2/c1-19-9-7-8-12-23(19)32-16-15-30-25(31)14-13-22-20(2)27-24(28-26(22)30)18-29(3)17-21-10-5-4-6-11-21/h7-9,12,21H,4-6,10-11,13-18H2,1-3H3. The van der Waals surface area contributed by atoms with Gasteiger partial charge in [0, 0.05) is 24.2 Å². The molecule has 2 heterocycles. The SMILES string of the molecule is Cc1ccccc1OCCN1C(=O)CCc2c(C)nc(CN(C)CC3CCCCC3)nc21. The molecule has 0 radical (unpaired) electrons. The number of para-hydroxylation sites is 1. The molecule has 1 aliphatic heterocycles. The third-order valence-electron chi connectivity index (χ3n) is 6.76. The number of carbonyl (C=O) groups excluding carboxylic acids is 1. The van der Waals surface area contributed by atoms with Crippen LogP contribution in [0.5, 0.6) is 5.75 Å². The van der Waals surface area contributed by atoms with Crippen molar-refractivity contribution in [3.8, 4) is 5.75 Å². The molecule has 1 aromatic carbocycles. The van der Waals surface area contributed by atoms with Gasteiger partial charge in [0.15, 0.2) is 0 Å². The first-order chi connectivity index (χ1) is 15.5. The third-order valence-corrected chi connectivity index (χ3v) is 6.76. The van der Waals surface area contributed by atoms with E-state index in [1.165, 1.54) is 32.1 Å². The van der Waals surface area contributed by atoms with E-state index in [4.69, 9.17) is 14.7 Å². The zero-order valence-corrected chi connectivity index (χ0v) is 19.8. The Morgan fingerprint density at radius 1 is 1.09 bits per heavy atom. The fourth-order valence-electron chi connectivity index (χ4n) is 5.02. The average molecular weight is 437 g/mol. The molecule has 32 heavy (non-hydrogen) atoms. The molecule has 1 fully saturated rings. The topological polar surface area (TPSA) is 58.6 Å². The summed E-state index contributed by atoms with van der Waals surface area (Å²) >= 11 is 0. The van der Waals surface area contributed by atoms with Crippen LogP contribution in [0.25, 0.3) is 0 Å². The van der Waals surface area contributed by atoms with E-state index < -0.39 is 0 Å². The molecule has 6 nitrogen and oxygen atoms in total. The van der Waals surface area contributed by atoms with Gasteiger partial charge in [-0.3, -0.25) is 14.6 Å². The summed E-state index contributed by atoms with van der Waals surface area (Å²) in [6.45, 7) is 6.81. The molecule has 0 atom stereocenters. The van der Waals surface area contributed by atoms with Gasteiger partial charge in [0.25, 0.3) is 0 Å². The second-order valence-electron chi connectivity index (χ2n) is 9.39. The molecular weight excluding hydrogens is 400 g/mol. The predicted octanol–water partition coefficient (Wildman–Crippen LogP) is 4.46. The van der Waals surface area contributed by atoms with Crippen LogP contribution < -0.4 is 9.64 Å². The number of carbonyl (C=O) groups is 1. The minimum Gasteiger partial charge on any atom is -0.491 e. The van der Waals surface area contributed by atoms with Crippen LogP contribution in [0.4, 0.5) is 5.82 Å². The van der Waals surface area contributed by atoms with E-state index in [0.717, 1.165) is 46.7 Å². The molecule has 1 aromatic heterocycles. The van der Waals surface area contributed by atoms with Crippen molar-refractivity contribution in [2.45, 2.75) is 65.3 Å². The van der Waals surface area contributed by atoms with Gasteiger partial charge in [-0.15, -0.1) is 0 Å². The summed E-state index contributed by atoms with van der Waals surface area (Å²) < 4.78 is 5.97. The summed E-state index contributed by atoms with van der Waals surface area (Å²) in [4.78, 5) is 26.6. The normalized spacial score (nSPS) is 17.0. The zero-order valence-electron chi connectivity index (χ0n) is 19.8. The number of ether oxygens (including phenoxy) is 1. The van der Waals surface area contributed by atoms with Gasteiger partial charge in [-0.25, -0.2) is 9.97 Å². The highest BCUT2D eigenvalue weighted by Gasteiger charge is 2.28. The Morgan fingerprint density at radius 3 is 2.66 bits per heavy atom. The second-order valence-corrected chi connectivity index (χ2v) is 9.39. The molecule has 0 bridgehead atoms. The summed E-state index contributed by atoms with van der Waals surface area (Å²) in [6.07, 6.45) is 7.97. The van der Waals surface area contributed by atoms with Crippen LogP contribution in [0.15, 0.2) is 24.3 Å². The van der Waals surface area contributed by atoms with Crippen LogP contribution in [0.2, 0.25) is 0 Å². The van der Waals surface area contributed by atoms with Crippen molar-refractivity contribution in [2.75, 3.05) is 31.6 Å². The van der Waals surface area contributed by atoms with Gasteiger partial charge in [-0.1, -0.05) is 37.5 Å². The minimum absolute atomic E-state index is 0.116. The summed E-state index contributed by atoms with van der Waals surface area (Å²) in [5.41, 5.74) is 3.19. The molecule has 1 aliphatic carbocycles. The van der Waals surface area contributed by atoms with Crippen molar-refractivity contribution in [2.24, 2.45) is 5.92 Å². The number of aryl methyl sites for hydroxylation is 2. The molecule has 0 saturated heterocycles. The quantitative estimate of drug-likeness (QED) is 0.611. The Labute approximate surface area is 192 Å².